The van der Waals surface area contributed by atoms with Crippen molar-refractivity contribution >= 4 is 23.1 Å². The number of hydrogen-bond donors (Lipinski definition) is 3. The van der Waals surface area contributed by atoms with E-state index in [1.807, 2.05) is 53.6 Å². The van der Waals surface area contributed by atoms with E-state index in [-0.39, 0.29) is 12.0 Å². The van der Waals surface area contributed by atoms with Gasteiger partial charge in [-0.1, -0.05) is 24.8 Å². The zero-order chi connectivity index (χ0) is 26.9. The van der Waals surface area contributed by atoms with E-state index in [0.29, 0.717) is 48.6 Å². The standard InChI is InChI=1S/C29H32FN5O2S/c1-20(17-22(18-30)11-14-31)33-27-4-2-3-25(34-27)26-19-32-28(38-26)10-7-21-5-8-23(9-6-21)29(37)35-15-12-24(36)13-16-35/h2-6,8-9,11,14,17,19,24,36H,1,7,10,12-13,15-16,18,31H2,(H,33,34)/b14-11-,22-17+. The number of aromatic nitrogens is 2. The molecule has 3 heterocycles. The second kappa shape index (κ2) is 13.1. The second-order valence-electron chi connectivity index (χ2n) is 9.11. The summed E-state index contributed by atoms with van der Waals surface area (Å²) >= 11 is 1.59. The maximum absolute atomic E-state index is 13.0. The third kappa shape index (κ3) is 7.36. The van der Waals surface area contributed by atoms with Gasteiger partial charge in [0, 0.05) is 37.0 Å². The summed E-state index contributed by atoms with van der Waals surface area (Å²) in [5, 5.41) is 13.7. The highest BCUT2D eigenvalue weighted by atomic mass is 32.1. The van der Waals surface area contributed by atoms with Crippen molar-refractivity contribution in [1.82, 2.24) is 14.9 Å². The van der Waals surface area contributed by atoms with Crippen molar-refractivity contribution in [2.45, 2.75) is 31.8 Å². The molecule has 0 spiro atoms. The summed E-state index contributed by atoms with van der Waals surface area (Å²) in [7, 11) is 0. The van der Waals surface area contributed by atoms with E-state index in [1.165, 1.54) is 12.3 Å². The zero-order valence-electron chi connectivity index (χ0n) is 21.1. The topological polar surface area (TPSA) is 104 Å². The van der Waals surface area contributed by atoms with Crippen LogP contribution in [0.3, 0.4) is 0 Å². The van der Waals surface area contributed by atoms with Crippen LogP contribution in [0.25, 0.3) is 10.6 Å². The average molecular weight is 534 g/mol. The van der Waals surface area contributed by atoms with Crippen LogP contribution in [0, 0.1) is 0 Å². The van der Waals surface area contributed by atoms with Gasteiger partial charge in [-0.2, -0.15) is 0 Å². The lowest BCUT2D eigenvalue weighted by Crippen LogP contribution is -2.40. The summed E-state index contributed by atoms with van der Waals surface area (Å²) < 4.78 is 13.0. The van der Waals surface area contributed by atoms with Crippen molar-refractivity contribution in [2.24, 2.45) is 5.73 Å². The van der Waals surface area contributed by atoms with Crippen molar-refractivity contribution in [3.63, 3.8) is 0 Å². The number of nitrogens with one attached hydrogen (secondary N) is 1. The number of benzene rings is 1. The predicted octanol–water partition coefficient (Wildman–Crippen LogP) is 4.88. The number of likely N-dealkylation sites (tertiary alicyclic amines) is 1. The summed E-state index contributed by atoms with van der Waals surface area (Å²) in [6.45, 7) is 4.47. The molecule has 4 rings (SSSR count). The largest absolute Gasteiger partial charge is 0.405 e. The Bertz CT molecular complexity index is 1310. The fourth-order valence-electron chi connectivity index (χ4n) is 4.18. The molecule has 7 nitrogen and oxygen atoms in total. The number of thiazole rings is 1. The van der Waals surface area contributed by atoms with Crippen molar-refractivity contribution in [2.75, 3.05) is 25.1 Å². The number of hydrogen-bond acceptors (Lipinski definition) is 7. The molecule has 3 aromatic rings. The van der Waals surface area contributed by atoms with Gasteiger partial charge in [0.2, 0.25) is 0 Å². The van der Waals surface area contributed by atoms with Crippen LogP contribution in [0.2, 0.25) is 0 Å². The van der Waals surface area contributed by atoms with E-state index in [0.717, 1.165) is 34.0 Å². The minimum atomic E-state index is -0.641. The molecule has 0 unspecified atom stereocenters. The molecule has 0 aliphatic carbocycles. The molecule has 1 saturated heterocycles. The Morgan fingerprint density at radius 1 is 1.21 bits per heavy atom. The van der Waals surface area contributed by atoms with Gasteiger partial charge in [-0.3, -0.25) is 4.79 Å². The third-order valence-corrected chi connectivity index (χ3v) is 7.33. The average Bonchev–Trinajstić information content (AvgIpc) is 3.41. The van der Waals surface area contributed by atoms with Gasteiger partial charge in [0.1, 0.15) is 12.5 Å². The molecule has 0 saturated carbocycles. The lowest BCUT2D eigenvalue weighted by Gasteiger charge is -2.29. The molecule has 1 aromatic carbocycles. The molecule has 0 bridgehead atoms. The van der Waals surface area contributed by atoms with Crippen LogP contribution in [-0.4, -0.2) is 51.7 Å². The number of pyridine rings is 1. The lowest BCUT2D eigenvalue weighted by molar-refractivity contribution is 0.0546. The van der Waals surface area contributed by atoms with Gasteiger partial charge in [0.25, 0.3) is 5.91 Å². The second-order valence-corrected chi connectivity index (χ2v) is 10.2. The fraction of sp³-hybridized carbons (Fsp3) is 0.276. The number of carbonyl (C=O) groups excluding carboxylic acids is 1. The number of amides is 1. The van der Waals surface area contributed by atoms with Crippen LogP contribution in [0.15, 0.2) is 84.9 Å². The number of carbonyl (C=O) groups is 1. The highest BCUT2D eigenvalue weighted by Gasteiger charge is 2.22. The number of allylic oxidation sites excluding steroid dienone is 3. The smallest absolute Gasteiger partial charge is 0.253 e. The number of rotatable bonds is 10. The number of aliphatic hydroxyl groups is 1. The maximum atomic E-state index is 13.0. The number of alkyl halides is 1. The van der Waals surface area contributed by atoms with Crippen molar-refractivity contribution in [3.05, 3.63) is 101 Å². The first-order chi connectivity index (χ1) is 18.4. The van der Waals surface area contributed by atoms with Crippen LogP contribution in [0.4, 0.5) is 10.2 Å². The predicted molar refractivity (Wildman–Crippen MR) is 150 cm³/mol. The summed E-state index contributed by atoms with van der Waals surface area (Å²) in [5.74, 6) is 0.621. The Labute approximate surface area is 226 Å². The van der Waals surface area contributed by atoms with Gasteiger partial charge in [-0.25, -0.2) is 14.4 Å². The van der Waals surface area contributed by atoms with Crippen LogP contribution in [0.5, 0.6) is 0 Å². The molecule has 1 aliphatic rings. The zero-order valence-corrected chi connectivity index (χ0v) is 22.0. The molecule has 1 amide bonds. The Hall–Kier alpha value is -3.82. The molecule has 0 atom stereocenters. The normalized spacial score (nSPS) is 14.7. The van der Waals surface area contributed by atoms with Crippen LogP contribution in [0.1, 0.15) is 33.8 Å². The number of aryl methyl sites for hydroxylation is 2. The first-order valence-corrected chi connectivity index (χ1v) is 13.4. The quantitative estimate of drug-likeness (QED) is 0.321. The minimum Gasteiger partial charge on any atom is -0.405 e. The molecule has 4 N–H and O–H groups in total. The lowest BCUT2D eigenvalue weighted by atomic mass is 10.0. The first-order valence-electron chi connectivity index (χ1n) is 12.5. The molecule has 0 radical (unpaired) electrons. The SMILES string of the molecule is C=C(/C=C(\C=C/N)CF)Nc1cccc(-c2cnc(CCc3ccc(C(=O)N4CCC(O)CC4)cc3)s2)n1. The molecular weight excluding hydrogens is 501 g/mol. The van der Waals surface area contributed by atoms with E-state index in [9.17, 15) is 14.3 Å². The van der Waals surface area contributed by atoms with Crippen LogP contribution < -0.4 is 11.1 Å². The van der Waals surface area contributed by atoms with Gasteiger partial charge in [-0.05, 0) is 73.0 Å². The monoisotopic (exact) mass is 533 g/mol. The maximum Gasteiger partial charge on any atom is 0.253 e. The third-order valence-electron chi connectivity index (χ3n) is 6.25. The minimum absolute atomic E-state index is 0.0204. The number of halogens is 1. The highest BCUT2D eigenvalue weighted by Crippen LogP contribution is 2.27. The summed E-state index contributed by atoms with van der Waals surface area (Å²) in [5.41, 5.74) is 8.87. The summed E-state index contributed by atoms with van der Waals surface area (Å²) in [4.78, 5) is 24.7. The van der Waals surface area contributed by atoms with E-state index >= 15 is 0 Å². The van der Waals surface area contributed by atoms with Gasteiger partial charge in [-0.15, -0.1) is 11.3 Å². The summed E-state index contributed by atoms with van der Waals surface area (Å²) in [6.07, 6.45) is 8.76. The molecule has 1 aliphatic heterocycles. The number of nitrogens with zero attached hydrogens (tertiary/aromatic N) is 3. The van der Waals surface area contributed by atoms with E-state index < -0.39 is 6.67 Å². The molecule has 2 aromatic heterocycles. The van der Waals surface area contributed by atoms with Gasteiger partial charge >= 0.3 is 0 Å². The Balaban J connectivity index is 1.33. The van der Waals surface area contributed by atoms with Gasteiger partial charge in [0.05, 0.1) is 21.7 Å². The molecule has 9 heteroatoms. The van der Waals surface area contributed by atoms with E-state index in [2.05, 4.69) is 21.9 Å². The Morgan fingerprint density at radius 2 is 1.97 bits per heavy atom. The number of nitrogens with two attached hydrogens (primary N) is 1. The highest BCUT2D eigenvalue weighted by molar-refractivity contribution is 7.15. The Kier molecular flexibility index (Phi) is 9.40. The van der Waals surface area contributed by atoms with Gasteiger partial charge in [0.15, 0.2) is 0 Å². The molecular formula is C29H32FN5O2S. The van der Waals surface area contributed by atoms with Gasteiger partial charge < -0.3 is 21.1 Å². The molecule has 1 fully saturated rings. The fourth-order valence-corrected chi connectivity index (χ4v) is 5.07. The van der Waals surface area contributed by atoms with Crippen LogP contribution in [-0.2, 0) is 12.8 Å². The number of anilines is 1. The number of aliphatic hydroxyl groups excluding tert-OH is 1. The van der Waals surface area contributed by atoms with Crippen molar-refractivity contribution < 1.29 is 14.3 Å². The van der Waals surface area contributed by atoms with E-state index in [4.69, 9.17) is 5.73 Å². The van der Waals surface area contributed by atoms with Crippen molar-refractivity contribution in [3.8, 4) is 10.6 Å². The first kappa shape index (κ1) is 27.2. The van der Waals surface area contributed by atoms with Crippen molar-refractivity contribution in [1.29, 1.82) is 0 Å². The number of piperidine rings is 1. The summed E-state index contributed by atoms with van der Waals surface area (Å²) in [6, 6.07) is 13.4. The van der Waals surface area contributed by atoms with E-state index in [1.54, 1.807) is 17.4 Å². The van der Waals surface area contributed by atoms with Crippen LogP contribution >= 0.6 is 11.3 Å². The Morgan fingerprint density at radius 3 is 2.68 bits per heavy atom. The molecule has 38 heavy (non-hydrogen) atoms. The molecule has 198 valence electrons.